The Labute approximate surface area is 134 Å². The molecular weight excluding hydrogens is 294 g/mol. The maximum atomic E-state index is 6.14. The SMILES string of the molecule is Clc1ccc2c(c1)nc(C1CCCN1)n2Cc1ccccc1. The van der Waals surface area contributed by atoms with Crippen molar-refractivity contribution in [2.24, 2.45) is 0 Å². The Morgan fingerprint density at radius 1 is 1.18 bits per heavy atom. The number of hydrogen-bond acceptors (Lipinski definition) is 2. The second-order valence-corrected chi connectivity index (χ2v) is 6.26. The highest BCUT2D eigenvalue weighted by Gasteiger charge is 2.23. The van der Waals surface area contributed by atoms with E-state index in [-0.39, 0.29) is 0 Å². The van der Waals surface area contributed by atoms with Gasteiger partial charge in [0, 0.05) is 11.6 Å². The van der Waals surface area contributed by atoms with Crippen molar-refractivity contribution in [3.8, 4) is 0 Å². The van der Waals surface area contributed by atoms with Crippen LogP contribution in [-0.2, 0) is 6.54 Å². The number of aromatic nitrogens is 2. The van der Waals surface area contributed by atoms with Gasteiger partial charge in [-0.05, 0) is 43.1 Å². The van der Waals surface area contributed by atoms with Gasteiger partial charge >= 0.3 is 0 Å². The van der Waals surface area contributed by atoms with E-state index < -0.39 is 0 Å². The van der Waals surface area contributed by atoms with Crippen molar-refractivity contribution in [1.82, 2.24) is 14.9 Å². The number of nitrogens with one attached hydrogen (secondary N) is 1. The van der Waals surface area contributed by atoms with Crippen molar-refractivity contribution >= 4 is 22.6 Å². The molecule has 0 aliphatic carbocycles. The molecule has 2 heterocycles. The van der Waals surface area contributed by atoms with E-state index >= 15 is 0 Å². The van der Waals surface area contributed by atoms with Gasteiger partial charge in [-0.25, -0.2) is 4.98 Å². The van der Waals surface area contributed by atoms with Gasteiger partial charge in [-0.1, -0.05) is 41.9 Å². The largest absolute Gasteiger partial charge is 0.322 e. The van der Waals surface area contributed by atoms with Crippen molar-refractivity contribution in [1.29, 1.82) is 0 Å². The summed E-state index contributed by atoms with van der Waals surface area (Å²) in [6, 6.07) is 16.9. The zero-order valence-corrected chi connectivity index (χ0v) is 13.1. The molecule has 22 heavy (non-hydrogen) atoms. The molecule has 0 saturated carbocycles. The quantitative estimate of drug-likeness (QED) is 0.787. The molecular formula is C18H18ClN3. The third-order valence-corrected chi connectivity index (χ3v) is 4.53. The predicted molar refractivity (Wildman–Crippen MR) is 90.3 cm³/mol. The minimum Gasteiger partial charge on any atom is -0.322 e. The molecule has 0 radical (unpaired) electrons. The summed E-state index contributed by atoms with van der Waals surface area (Å²) in [6.45, 7) is 1.91. The molecule has 1 saturated heterocycles. The average Bonchev–Trinajstić information content (AvgIpc) is 3.16. The van der Waals surface area contributed by atoms with Gasteiger partial charge in [-0.15, -0.1) is 0 Å². The molecule has 4 heteroatoms. The third kappa shape index (κ3) is 2.51. The Kier molecular flexibility index (Phi) is 3.60. The molecule has 1 aromatic heterocycles. The lowest BCUT2D eigenvalue weighted by molar-refractivity contribution is 0.571. The fourth-order valence-corrected chi connectivity index (χ4v) is 3.39. The van der Waals surface area contributed by atoms with Crippen LogP contribution in [0.25, 0.3) is 11.0 Å². The van der Waals surface area contributed by atoms with Crippen LogP contribution in [0.1, 0.15) is 30.3 Å². The van der Waals surface area contributed by atoms with Crippen LogP contribution in [0, 0.1) is 0 Å². The molecule has 0 bridgehead atoms. The molecule has 0 spiro atoms. The first-order valence-corrected chi connectivity index (χ1v) is 8.12. The van der Waals surface area contributed by atoms with Crippen LogP contribution < -0.4 is 5.32 Å². The monoisotopic (exact) mass is 311 g/mol. The Morgan fingerprint density at radius 3 is 2.82 bits per heavy atom. The van der Waals surface area contributed by atoms with Gasteiger partial charge in [0.25, 0.3) is 0 Å². The lowest BCUT2D eigenvalue weighted by Crippen LogP contribution is -2.18. The summed E-state index contributed by atoms with van der Waals surface area (Å²) in [5.41, 5.74) is 3.42. The second-order valence-electron chi connectivity index (χ2n) is 5.82. The highest BCUT2D eigenvalue weighted by Crippen LogP contribution is 2.28. The highest BCUT2D eigenvalue weighted by molar-refractivity contribution is 6.31. The highest BCUT2D eigenvalue weighted by atomic mass is 35.5. The molecule has 1 N–H and O–H groups in total. The van der Waals surface area contributed by atoms with Crippen LogP contribution in [0.5, 0.6) is 0 Å². The van der Waals surface area contributed by atoms with Crippen LogP contribution >= 0.6 is 11.6 Å². The normalized spacial score (nSPS) is 18.1. The zero-order valence-electron chi connectivity index (χ0n) is 12.3. The average molecular weight is 312 g/mol. The van der Waals surface area contributed by atoms with E-state index in [0.29, 0.717) is 6.04 Å². The van der Waals surface area contributed by atoms with Crippen LogP contribution in [0.15, 0.2) is 48.5 Å². The summed E-state index contributed by atoms with van der Waals surface area (Å²) in [4.78, 5) is 4.87. The van der Waals surface area contributed by atoms with E-state index in [2.05, 4.69) is 46.3 Å². The first-order chi connectivity index (χ1) is 10.8. The summed E-state index contributed by atoms with van der Waals surface area (Å²) in [7, 11) is 0. The first-order valence-electron chi connectivity index (χ1n) is 7.74. The van der Waals surface area contributed by atoms with Crippen molar-refractivity contribution < 1.29 is 0 Å². The molecule has 112 valence electrons. The number of hydrogen-bond donors (Lipinski definition) is 1. The molecule has 2 aromatic carbocycles. The molecule has 3 aromatic rings. The Bertz CT molecular complexity index is 789. The second kappa shape index (κ2) is 5.75. The van der Waals surface area contributed by atoms with Gasteiger partial charge in [0.15, 0.2) is 0 Å². The van der Waals surface area contributed by atoms with Gasteiger partial charge < -0.3 is 9.88 Å². The number of halogens is 1. The summed E-state index contributed by atoms with van der Waals surface area (Å²) < 4.78 is 2.32. The van der Waals surface area contributed by atoms with Gasteiger partial charge in [0.1, 0.15) is 5.82 Å². The molecule has 1 unspecified atom stereocenters. The Hall–Kier alpha value is -1.84. The van der Waals surface area contributed by atoms with Crippen molar-refractivity contribution in [3.05, 3.63) is 64.9 Å². The van der Waals surface area contributed by atoms with E-state index in [1.165, 1.54) is 12.0 Å². The molecule has 3 nitrogen and oxygen atoms in total. The molecule has 0 amide bonds. The minimum absolute atomic E-state index is 0.342. The lowest BCUT2D eigenvalue weighted by atomic mass is 10.2. The maximum Gasteiger partial charge on any atom is 0.127 e. The standard InChI is InChI=1S/C18H18ClN3/c19-14-8-9-17-16(11-14)21-18(15-7-4-10-20-15)22(17)12-13-5-2-1-3-6-13/h1-3,5-6,8-9,11,15,20H,4,7,10,12H2. The Morgan fingerprint density at radius 2 is 2.05 bits per heavy atom. The lowest BCUT2D eigenvalue weighted by Gasteiger charge is -2.14. The van der Waals surface area contributed by atoms with E-state index in [1.54, 1.807) is 0 Å². The van der Waals surface area contributed by atoms with Crippen molar-refractivity contribution in [3.63, 3.8) is 0 Å². The van der Waals surface area contributed by atoms with Crippen LogP contribution in [0.4, 0.5) is 0 Å². The smallest absolute Gasteiger partial charge is 0.127 e. The molecule has 1 aliphatic rings. The number of benzene rings is 2. The summed E-state index contributed by atoms with van der Waals surface area (Å²) >= 11 is 6.14. The van der Waals surface area contributed by atoms with Crippen molar-refractivity contribution in [2.75, 3.05) is 6.54 Å². The van der Waals surface area contributed by atoms with Crippen LogP contribution in [-0.4, -0.2) is 16.1 Å². The zero-order chi connectivity index (χ0) is 14.9. The minimum atomic E-state index is 0.342. The van der Waals surface area contributed by atoms with E-state index in [4.69, 9.17) is 16.6 Å². The predicted octanol–water partition coefficient (Wildman–Crippen LogP) is 4.16. The van der Waals surface area contributed by atoms with E-state index in [9.17, 15) is 0 Å². The summed E-state index contributed by atoms with van der Waals surface area (Å²) in [5.74, 6) is 1.12. The van der Waals surface area contributed by atoms with Crippen LogP contribution in [0.3, 0.4) is 0 Å². The topological polar surface area (TPSA) is 29.9 Å². The number of fused-ring (bicyclic) bond motifs is 1. The maximum absolute atomic E-state index is 6.14. The van der Waals surface area contributed by atoms with E-state index in [0.717, 1.165) is 41.4 Å². The first kappa shape index (κ1) is 13.8. The number of imidazole rings is 1. The van der Waals surface area contributed by atoms with Crippen molar-refractivity contribution in [2.45, 2.75) is 25.4 Å². The summed E-state index contributed by atoms with van der Waals surface area (Å²) in [6.07, 6.45) is 2.35. The Balaban J connectivity index is 1.83. The molecule has 1 aliphatic heterocycles. The van der Waals surface area contributed by atoms with Gasteiger partial charge in [-0.3, -0.25) is 0 Å². The van der Waals surface area contributed by atoms with Gasteiger partial charge in [0.05, 0.1) is 17.1 Å². The van der Waals surface area contributed by atoms with E-state index in [1.807, 2.05) is 12.1 Å². The van der Waals surface area contributed by atoms with Gasteiger partial charge in [0.2, 0.25) is 0 Å². The van der Waals surface area contributed by atoms with Gasteiger partial charge in [-0.2, -0.15) is 0 Å². The fourth-order valence-electron chi connectivity index (χ4n) is 3.22. The molecule has 4 rings (SSSR count). The third-order valence-electron chi connectivity index (χ3n) is 4.30. The molecule has 1 fully saturated rings. The van der Waals surface area contributed by atoms with Crippen LogP contribution in [0.2, 0.25) is 5.02 Å². The molecule has 1 atom stereocenters. The summed E-state index contributed by atoms with van der Waals surface area (Å²) in [5, 5.41) is 4.30. The fraction of sp³-hybridized carbons (Fsp3) is 0.278. The number of nitrogens with zero attached hydrogens (tertiary/aromatic N) is 2. The number of rotatable bonds is 3.